The molecule has 0 spiro atoms. The molecule has 8 heteroatoms. The van der Waals surface area contributed by atoms with E-state index >= 15 is 0 Å². The highest BCUT2D eigenvalue weighted by atomic mass is 16.2. The van der Waals surface area contributed by atoms with E-state index in [1.807, 2.05) is 39.0 Å². The average molecular weight is 419 g/mol. The minimum atomic E-state index is -0.441. The third kappa shape index (κ3) is 4.33. The summed E-state index contributed by atoms with van der Waals surface area (Å²) in [5.41, 5.74) is 3.44. The second-order valence-electron chi connectivity index (χ2n) is 7.93. The van der Waals surface area contributed by atoms with Crippen molar-refractivity contribution in [2.45, 2.75) is 33.2 Å². The van der Waals surface area contributed by atoms with E-state index in [2.05, 4.69) is 20.2 Å². The van der Waals surface area contributed by atoms with Gasteiger partial charge in [0.05, 0.1) is 0 Å². The van der Waals surface area contributed by atoms with Crippen LogP contribution in [-0.2, 0) is 0 Å². The predicted octanol–water partition coefficient (Wildman–Crippen LogP) is 2.85. The number of pyridine rings is 1. The van der Waals surface area contributed by atoms with Crippen LogP contribution in [0.3, 0.4) is 0 Å². The molecule has 1 saturated heterocycles. The zero-order valence-corrected chi connectivity index (χ0v) is 18.0. The lowest BCUT2D eigenvalue weighted by Gasteiger charge is -2.30. The molecule has 31 heavy (non-hydrogen) atoms. The number of nitrogens with one attached hydrogen (secondary N) is 1. The van der Waals surface area contributed by atoms with Gasteiger partial charge in [-0.05, 0) is 62.6 Å². The highest BCUT2D eigenvalue weighted by Crippen LogP contribution is 2.26. The van der Waals surface area contributed by atoms with Gasteiger partial charge < -0.3 is 9.80 Å². The number of hydrogen-bond donors (Lipinski definition) is 1. The van der Waals surface area contributed by atoms with Crippen LogP contribution >= 0.6 is 0 Å². The van der Waals surface area contributed by atoms with Crippen molar-refractivity contribution in [1.29, 1.82) is 0 Å². The van der Waals surface area contributed by atoms with E-state index in [9.17, 15) is 9.59 Å². The fourth-order valence-electron chi connectivity index (χ4n) is 3.86. The highest BCUT2D eigenvalue weighted by molar-refractivity contribution is 5.95. The second kappa shape index (κ2) is 8.67. The van der Waals surface area contributed by atoms with Gasteiger partial charge in [-0.15, -0.1) is 0 Å². The van der Waals surface area contributed by atoms with Crippen molar-refractivity contribution < 1.29 is 9.59 Å². The molecule has 1 atom stereocenters. The van der Waals surface area contributed by atoms with Gasteiger partial charge in [-0.25, -0.2) is 4.98 Å². The molecule has 4 rings (SSSR count). The Labute approximate surface area is 181 Å². The van der Waals surface area contributed by atoms with Crippen LogP contribution in [0.15, 0.2) is 42.7 Å². The Morgan fingerprint density at radius 1 is 0.968 bits per heavy atom. The third-order valence-electron chi connectivity index (χ3n) is 5.74. The van der Waals surface area contributed by atoms with Crippen LogP contribution in [0.2, 0.25) is 0 Å². The number of carbonyl (C=O) groups excluding carboxylic acids is 2. The Morgan fingerprint density at radius 2 is 1.74 bits per heavy atom. The van der Waals surface area contributed by atoms with Crippen LogP contribution < -0.4 is 0 Å². The zero-order chi connectivity index (χ0) is 22.0. The molecule has 3 heterocycles. The normalized spacial score (nSPS) is 16.8. The van der Waals surface area contributed by atoms with Crippen LogP contribution in [0.5, 0.6) is 0 Å². The van der Waals surface area contributed by atoms with E-state index in [0.717, 1.165) is 11.1 Å². The minimum absolute atomic E-state index is 0.0430. The van der Waals surface area contributed by atoms with Gasteiger partial charge in [0.1, 0.15) is 11.9 Å². The molecule has 1 aliphatic rings. The number of aromatic nitrogens is 4. The van der Waals surface area contributed by atoms with E-state index in [0.29, 0.717) is 48.8 Å². The van der Waals surface area contributed by atoms with Crippen LogP contribution in [0.25, 0.3) is 0 Å². The molecule has 1 N–H and O–H groups in total. The van der Waals surface area contributed by atoms with Crippen molar-refractivity contribution in [3.8, 4) is 0 Å². The summed E-state index contributed by atoms with van der Waals surface area (Å²) in [5.74, 6) is 1.02. The Kier molecular flexibility index (Phi) is 5.79. The summed E-state index contributed by atoms with van der Waals surface area (Å²) in [6.07, 6.45) is 3.88. The smallest absolute Gasteiger partial charge is 0.254 e. The first-order valence-corrected chi connectivity index (χ1v) is 10.4. The molecule has 2 aromatic heterocycles. The fourth-order valence-corrected chi connectivity index (χ4v) is 3.86. The van der Waals surface area contributed by atoms with Crippen molar-refractivity contribution in [1.82, 2.24) is 30.0 Å². The Hall–Kier alpha value is -3.55. The van der Waals surface area contributed by atoms with Crippen molar-refractivity contribution in [3.63, 3.8) is 0 Å². The topological polar surface area (TPSA) is 95.1 Å². The van der Waals surface area contributed by atoms with Gasteiger partial charge in [-0.1, -0.05) is 6.07 Å². The number of benzene rings is 1. The summed E-state index contributed by atoms with van der Waals surface area (Å²) >= 11 is 0. The molecule has 0 bridgehead atoms. The molecular formula is C23H26N6O2. The maximum atomic E-state index is 13.3. The number of aryl methyl sites for hydroxylation is 3. The SMILES string of the molecule is Cc1nc(C2CN(C(=O)c3ccc(C)c(C)c3)CCCN2C(=O)c2ccncc2)n[nH]1. The highest BCUT2D eigenvalue weighted by Gasteiger charge is 2.34. The summed E-state index contributed by atoms with van der Waals surface area (Å²) in [6.45, 7) is 7.25. The van der Waals surface area contributed by atoms with E-state index < -0.39 is 6.04 Å². The maximum absolute atomic E-state index is 13.3. The molecule has 3 aromatic rings. The standard InChI is InChI=1S/C23H26N6O2/c1-15-5-6-19(13-16(15)2)22(30)28-11-4-12-29(23(31)18-7-9-24-10-8-18)20(14-28)21-25-17(3)26-27-21/h5-10,13,20H,4,11-12,14H2,1-3H3,(H,25,26,27). The van der Waals surface area contributed by atoms with Gasteiger partial charge >= 0.3 is 0 Å². The average Bonchev–Trinajstić information content (AvgIpc) is 3.09. The number of carbonyl (C=O) groups is 2. The predicted molar refractivity (Wildman–Crippen MR) is 116 cm³/mol. The van der Waals surface area contributed by atoms with Gasteiger partial charge in [0.25, 0.3) is 11.8 Å². The van der Waals surface area contributed by atoms with Crippen molar-refractivity contribution >= 4 is 11.8 Å². The van der Waals surface area contributed by atoms with E-state index in [4.69, 9.17) is 0 Å². The first-order chi connectivity index (χ1) is 14.9. The minimum Gasteiger partial charge on any atom is -0.336 e. The molecule has 8 nitrogen and oxygen atoms in total. The Morgan fingerprint density at radius 3 is 2.42 bits per heavy atom. The largest absolute Gasteiger partial charge is 0.336 e. The van der Waals surface area contributed by atoms with E-state index in [-0.39, 0.29) is 11.8 Å². The molecule has 1 unspecified atom stereocenters. The first-order valence-electron chi connectivity index (χ1n) is 10.4. The fraction of sp³-hybridized carbons (Fsp3) is 0.348. The Bertz CT molecular complexity index is 1090. The number of H-pyrrole nitrogens is 1. The molecule has 0 aliphatic carbocycles. The molecule has 1 fully saturated rings. The third-order valence-corrected chi connectivity index (χ3v) is 5.74. The van der Waals surface area contributed by atoms with E-state index in [1.54, 1.807) is 34.3 Å². The molecule has 1 aliphatic heterocycles. The second-order valence-corrected chi connectivity index (χ2v) is 7.93. The summed E-state index contributed by atoms with van der Waals surface area (Å²) in [6, 6.07) is 8.71. The maximum Gasteiger partial charge on any atom is 0.254 e. The molecule has 1 aromatic carbocycles. The van der Waals surface area contributed by atoms with Crippen LogP contribution in [0, 0.1) is 20.8 Å². The molecular weight excluding hydrogens is 392 g/mol. The zero-order valence-electron chi connectivity index (χ0n) is 18.0. The van der Waals surface area contributed by atoms with Gasteiger partial charge in [-0.2, -0.15) is 5.10 Å². The van der Waals surface area contributed by atoms with Gasteiger partial charge in [0.2, 0.25) is 0 Å². The van der Waals surface area contributed by atoms with Crippen LogP contribution in [-0.4, -0.2) is 61.4 Å². The number of amides is 2. The van der Waals surface area contributed by atoms with Crippen LogP contribution in [0.4, 0.5) is 0 Å². The summed E-state index contributed by atoms with van der Waals surface area (Å²) in [4.78, 5) is 38.7. The lowest BCUT2D eigenvalue weighted by atomic mass is 10.1. The monoisotopic (exact) mass is 418 g/mol. The first kappa shape index (κ1) is 20.7. The number of hydrogen-bond acceptors (Lipinski definition) is 5. The lowest BCUT2D eigenvalue weighted by molar-refractivity contribution is 0.0622. The van der Waals surface area contributed by atoms with Crippen LogP contribution in [0.1, 0.15) is 56.0 Å². The van der Waals surface area contributed by atoms with Crippen molar-refractivity contribution in [3.05, 3.63) is 76.6 Å². The molecule has 160 valence electrons. The Balaban J connectivity index is 1.66. The number of nitrogens with zero attached hydrogens (tertiary/aromatic N) is 5. The van der Waals surface area contributed by atoms with Gasteiger partial charge in [0, 0.05) is 43.2 Å². The van der Waals surface area contributed by atoms with Crippen molar-refractivity contribution in [2.24, 2.45) is 0 Å². The lowest BCUT2D eigenvalue weighted by Crippen LogP contribution is -2.40. The number of aromatic amines is 1. The molecule has 0 radical (unpaired) electrons. The quantitative estimate of drug-likeness (QED) is 0.706. The summed E-state index contributed by atoms with van der Waals surface area (Å²) in [5, 5.41) is 7.18. The van der Waals surface area contributed by atoms with Gasteiger partial charge in [0.15, 0.2) is 5.82 Å². The van der Waals surface area contributed by atoms with E-state index in [1.165, 1.54) is 0 Å². The van der Waals surface area contributed by atoms with Gasteiger partial charge in [-0.3, -0.25) is 19.7 Å². The molecule has 0 saturated carbocycles. The molecule has 2 amide bonds. The number of rotatable bonds is 3. The summed E-state index contributed by atoms with van der Waals surface area (Å²) < 4.78 is 0. The summed E-state index contributed by atoms with van der Waals surface area (Å²) in [7, 11) is 0. The van der Waals surface area contributed by atoms with Crippen molar-refractivity contribution in [2.75, 3.05) is 19.6 Å².